The molecule has 2 heterocycles. The lowest BCUT2D eigenvalue weighted by molar-refractivity contribution is -0.137. The molecule has 1 aliphatic rings. The Bertz CT molecular complexity index is 1140. The number of piperidine rings is 1. The number of Topliss-reactive ketones (excluding diaryl/α,β-unsaturated/α-hetero) is 1. The van der Waals surface area contributed by atoms with Crippen LogP contribution in [0.1, 0.15) is 43.1 Å². The van der Waals surface area contributed by atoms with E-state index in [0.717, 1.165) is 11.1 Å². The molecule has 0 radical (unpaired) electrons. The van der Waals surface area contributed by atoms with Gasteiger partial charge in [-0.05, 0) is 38.4 Å². The maximum Gasteiger partial charge on any atom is 0.253 e. The Hall–Kier alpha value is -2.97. The summed E-state index contributed by atoms with van der Waals surface area (Å²) in [5.74, 6) is -1.18. The molecule has 8 nitrogen and oxygen atoms in total. The number of nitrogens with zero attached hydrogens (tertiary/aromatic N) is 3. The molecule has 2 aromatic rings. The Morgan fingerprint density at radius 2 is 1.72 bits per heavy atom. The average Bonchev–Trinajstić information content (AvgIpc) is 2.84. The topological polar surface area (TPSA) is 91.7 Å². The Balaban J connectivity index is 1.72. The summed E-state index contributed by atoms with van der Waals surface area (Å²) >= 11 is 6.10. The van der Waals surface area contributed by atoms with Gasteiger partial charge in [-0.3, -0.25) is 23.7 Å². The molecule has 0 aliphatic carbocycles. The number of hydrogen-bond acceptors (Lipinski definition) is 5. The summed E-state index contributed by atoms with van der Waals surface area (Å²) in [6.45, 7) is 6.28. The van der Waals surface area contributed by atoms with Gasteiger partial charge in [-0.25, -0.2) is 0 Å². The minimum atomic E-state index is -1.36. The zero-order valence-corrected chi connectivity index (χ0v) is 22.1. The van der Waals surface area contributed by atoms with Crippen molar-refractivity contribution < 1.29 is 14.4 Å². The van der Waals surface area contributed by atoms with Crippen LogP contribution in [-0.4, -0.2) is 72.2 Å². The fraction of sp³-hybridized carbons (Fsp3) is 0.481. The number of pyridine rings is 1. The Kier molecular flexibility index (Phi) is 9.08. The lowest BCUT2D eigenvalue weighted by Gasteiger charge is -2.34. The molecule has 1 aliphatic heterocycles. The maximum absolute atomic E-state index is 13.6. The van der Waals surface area contributed by atoms with Crippen molar-refractivity contribution >= 4 is 29.2 Å². The highest BCUT2D eigenvalue weighted by atomic mass is 35.5. The lowest BCUT2D eigenvalue weighted by atomic mass is 9.91. The van der Waals surface area contributed by atoms with Crippen molar-refractivity contribution in [3.63, 3.8) is 0 Å². The smallest absolute Gasteiger partial charge is 0.253 e. The maximum atomic E-state index is 13.6. The first-order valence-corrected chi connectivity index (χ1v) is 12.5. The van der Waals surface area contributed by atoms with E-state index in [1.165, 1.54) is 18.3 Å². The highest BCUT2D eigenvalue weighted by Crippen LogP contribution is 2.24. The van der Waals surface area contributed by atoms with Gasteiger partial charge < -0.3 is 15.1 Å². The first-order valence-electron chi connectivity index (χ1n) is 12.2. The van der Waals surface area contributed by atoms with Crippen LogP contribution in [0.3, 0.4) is 0 Å². The number of hydrogen-bond donors (Lipinski definition) is 1. The largest absolute Gasteiger partial charge is 0.355 e. The molecule has 1 fully saturated rings. The minimum absolute atomic E-state index is 0.0168. The second kappa shape index (κ2) is 11.8. The Labute approximate surface area is 217 Å². The molecule has 0 bridgehead atoms. The summed E-state index contributed by atoms with van der Waals surface area (Å²) in [4.78, 5) is 56.1. The number of rotatable bonds is 9. The molecule has 3 rings (SSSR count). The molecular formula is C27H35ClN4O4. The molecule has 9 heteroatoms. The number of benzene rings is 1. The number of ketones is 1. The summed E-state index contributed by atoms with van der Waals surface area (Å²) in [7, 11) is 4.01. The van der Waals surface area contributed by atoms with Gasteiger partial charge in [0.25, 0.3) is 11.5 Å². The van der Waals surface area contributed by atoms with Gasteiger partial charge in [-0.1, -0.05) is 55.8 Å². The van der Waals surface area contributed by atoms with Crippen LogP contribution in [0.25, 0.3) is 0 Å². The fourth-order valence-electron chi connectivity index (χ4n) is 4.71. The van der Waals surface area contributed by atoms with Crippen molar-refractivity contribution in [3.05, 3.63) is 69.6 Å². The van der Waals surface area contributed by atoms with Crippen LogP contribution in [-0.2, 0) is 9.59 Å². The normalized spacial score (nSPS) is 15.6. The number of halogens is 1. The van der Waals surface area contributed by atoms with Gasteiger partial charge in [0, 0.05) is 49.9 Å². The van der Waals surface area contributed by atoms with E-state index in [2.05, 4.69) is 24.1 Å². The molecule has 1 aromatic carbocycles. The summed E-state index contributed by atoms with van der Waals surface area (Å²) in [6, 6.07) is 9.73. The second-order valence-corrected chi connectivity index (χ2v) is 10.9. The predicted molar refractivity (Wildman–Crippen MR) is 140 cm³/mol. The molecular weight excluding hydrogens is 480 g/mol. The summed E-state index contributed by atoms with van der Waals surface area (Å²) in [5, 5.41) is 3.31. The van der Waals surface area contributed by atoms with E-state index in [1.807, 2.05) is 14.1 Å². The fourth-order valence-corrected chi connectivity index (χ4v) is 4.88. The van der Waals surface area contributed by atoms with Gasteiger partial charge in [0.05, 0.1) is 5.02 Å². The van der Waals surface area contributed by atoms with Crippen molar-refractivity contribution in [2.24, 2.45) is 11.3 Å². The number of likely N-dealkylation sites (tertiary alicyclic amines) is 1. The summed E-state index contributed by atoms with van der Waals surface area (Å²) < 4.78 is 1.10. The third kappa shape index (κ3) is 7.04. The third-order valence-corrected chi connectivity index (χ3v) is 6.61. The van der Waals surface area contributed by atoms with E-state index >= 15 is 0 Å². The van der Waals surface area contributed by atoms with Crippen LogP contribution >= 0.6 is 11.6 Å². The van der Waals surface area contributed by atoms with Crippen molar-refractivity contribution in [1.29, 1.82) is 0 Å². The quantitative estimate of drug-likeness (QED) is 0.410. The zero-order valence-electron chi connectivity index (χ0n) is 21.4. The summed E-state index contributed by atoms with van der Waals surface area (Å²) in [6.07, 6.45) is 2.30. The van der Waals surface area contributed by atoms with E-state index in [1.54, 1.807) is 35.2 Å². The molecule has 36 heavy (non-hydrogen) atoms. The molecule has 1 aromatic heterocycles. The van der Waals surface area contributed by atoms with E-state index < -0.39 is 23.3 Å². The van der Waals surface area contributed by atoms with Crippen LogP contribution in [0.15, 0.2) is 53.5 Å². The molecule has 0 saturated carbocycles. The van der Waals surface area contributed by atoms with Gasteiger partial charge in [0.15, 0.2) is 11.8 Å². The van der Waals surface area contributed by atoms with Gasteiger partial charge in [-0.15, -0.1) is 0 Å². The van der Waals surface area contributed by atoms with E-state index in [-0.39, 0.29) is 22.3 Å². The van der Waals surface area contributed by atoms with Gasteiger partial charge in [0.1, 0.15) is 0 Å². The van der Waals surface area contributed by atoms with Gasteiger partial charge in [-0.2, -0.15) is 0 Å². The van der Waals surface area contributed by atoms with E-state index in [9.17, 15) is 19.2 Å². The minimum Gasteiger partial charge on any atom is -0.355 e. The predicted octanol–water partition coefficient (Wildman–Crippen LogP) is 2.87. The Morgan fingerprint density at radius 3 is 2.33 bits per heavy atom. The van der Waals surface area contributed by atoms with Gasteiger partial charge in [0.2, 0.25) is 5.91 Å². The van der Waals surface area contributed by atoms with Crippen LogP contribution in [0.4, 0.5) is 0 Å². The zero-order chi connectivity index (χ0) is 26.5. The second-order valence-electron chi connectivity index (χ2n) is 10.4. The van der Waals surface area contributed by atoms with E-state index in [0.29, 0.717) is 38.0 Å². The SMILES string of the molecule is CN(C)CC(C)(C)CNC(=O)C1CCN(C(=O)C(C(=O)c2ccccc2)n2cc(Cl)ccc2=O)CC1. The average molecular weight is 515 g/mol. The van der Waals surface area contributed by atoms with Crippen molar-refractivity contribution in [1.82, 2.24) is 19.7 Å². The van der Waals surface area contributed by atoms with Crippen LogP contribution < -0.4 is 10.9 Å². The molecule has 0 spiro atoms. The number of amides is 2. The van der Waals surface area contributed by atoms with Gasteiger partial charge >= 0.3 is 0 Å². The van der Waals surface area contributed by atoms with E-state index in [4.69, 9.17) is 11.6 Å². The highest BCUT2D eigenvalue weighted by molar-refractivity contribution is 6.30. The van der Waals surface area contributed by atoms with Crippen molar-refractivity contribution in [2.75, 3.05) is 40.3 Å². The molecule has 194 valence electrons. The van der Waals surface area contributed by atoms with Crippen molar-refractivity contribution in [2.45, 2.75) is 32.7 Å². The number of carbonyl (C=O) groups is 3. The number of nitrogens with one attached hydrogen (secondary N) is 1. The first kappa shape index (κ1) is 27.6. The molecule has 2 amide bonds. The standard InChI is InChI=1S/C27H35ClN4O4/c1-27(2,18-30(3)4)17-29-25(35)20-12-14-31(15-13-20)26(36)23(24(34)19-8-6-5-7-9-19)32-16-21(28)10-11-22(32)33/h5-11,16,20,23H,12-15,17-18H2,1-4H3,(H,29,35). The number of carbonyl (C=O) groups excluding carboxylic acids is 3. The van der Waals surface area contributed by atoms with Crippen LogP contribution in [0, 0.1) is 11.3 Å². The van der Waals surface area contributed by atoms with Crippen LogP contribution in [0.2, 0.25) is 5.02 Å². The molecule has 1 N–H and O–H groups in total. The first-order chi connectivity index (χ1) is 17.0. The van der Waals surface area contributed by atoms with Crippen molar-refractivity contribution in [3.8, 4) is 0 Å². The number of aromatic nitrogens is 1. The molecule has 1 saturated heterocycles. The molecule has 1 unspecified atom stereocenters. The molecule has 1 atom stereocenters. The summed E-state index contributed by atoms with van der Waals surface area (Å²) in [5.41, 5.74) is -0.223. The lowest BCUT2D eigenvalue weighted by Crippen LogP contribution is -2.49. The monoisotopic (exact) mass is 514 g/mol. The Morgan fingerprint density at radius 1 is 1.08 bits per heavy atom. The highest BCUT2D eigenvalue weighted by Gasteiger charge is 2.36. The van der Waals surface area contributed by atoms with Crippen LogP contribution in [0.5, 0.6) is 0 Å². The third-order valence-electron chi connectivity index (χ3n) is 6.38.